The van der Waals surface area contributed by atoms with E-state index in [0.717, 1.165) is 27.2 Å². The molecule has 1 unspecified atom stereocenters. The molecule has 1 heterocycles. The second kappa shape index (κ2) is 7.81. The number of guanidine groups is 1. The monoisotopic (exact) mass is 395 g/mol. The van der Waals surface area contributed by atoms with Gasteiger partial charge in [-0.1, -0.05) is 0 Å². The number of nitrogens with one attached hydrogen (secondary N) is 2. The summed E-state index contributed by atoms with van der Waals surface area (Å²) in [6, 6.07) is 17.8. The van der Waals surface area contributed by atoms with Gasteiger partial charge < -0.3 is 0 Å². The molecule has 3 rings (SSSR count). The Morgan fingerprint density at radius 1 is 1.12 bits per heavy atom. The van der Waals surface area contributed by atoms with Gasteiger partial charge >= 0.3 is 152 Å². The van der Waals surface area contributed by atoms with Crippen molar-refractivity contribution in [2.75, 3.05) is 12.4 Å². The van der Waals surface area contributed by atoms with Crippen LogP contribution in [0.1, 0.15) is 0 Å². The van der Waals surface area contributed by atoms with Crippen molar-refractivity contribution in [3.05, 3.63) is 60.9 Å². The van der Waals surface area contributed by atoms with Gasteiger partial charge in [0, 0.05) is 0 Å². The Hall–Kier alpha value is -2.85. The maximum absolute atomic E-state index is 7.25. The third-order valence-electron chi connectivity index (χ3n) is 3.49. The zero-order chi connectivity index (χ0) is 17.6. The number of nitrogens with zero attached hydrogens (tertiary/aromatic N) is 2. The number of rotatable bonds is 5. The molecule has 0 saturated heterocycles. The van der Waals surface area contributed by atoms with E-state index in [1.54, 1.807) is 13.4 Å². The molecule has 4 N–H and O–H groups in total. The van der Waals surface area contributed by atoms with Crippen LogP contribution in [0, 0.1) is 5.41 Å². The predicted molar refractivity (Wildman–Crippen MR) is 102 cm³/mol. The van der Waals surface area contributed by atoms with E-state index in [-0.39, 0.29) is 5.96 Å². The van der Waals surface area contributed by atoms with E-state index in [1.807, 2.05) is 54.6 Å². The molecule has 0 spiro atoms. The summed E-state index contributed by atoms with van der Waals surface area (Å²) in [5, 5.41) is 10.0. The molecule has 0 radical (unpaired) electrons. The van der Waals surface area contributed by atoms with Gasteiger partial charge in [-0.25, -0.2) is 0 Å². The molecule has 2 aromatic carbocycles. The van der Waals surface area contributed by atoms with Gasteiger partial charge in [-0.15, -0.1) is 0 Å². The van der Waals surface area contributed by atoms with Crippen molar-refractivity contribution in [3.8, 4) is 17.0 Å². The van der Waals surface area contributed by atoms with Crippen LogP contribution in [0.4, 0.5) is 5.69 Å². The number of hydrogen-bond donors (Lipinski definition) is 3. The second-order valence-corrected chi connectivity index (χ2v) is 8.04. The zero-order valence-electron chi connectivity index (χ0n) is 13.7. The van der Waals surface area contributed by atoms with Crippen molar-refractivity contribution in [3.63, 3.8) is 0 Å². The van der Waals surface area contributed by atoms with Gasteiger partial charge in [0.2, 0.25) is 0 Å². The van der Waals surface area contributed by atoms with E-state index < -0.39 is 15.8 Å². The van der Waals surface area contributed by atoms with Crippen molar-refractivity contribution >= 4 is 36.2 Å². The van der Waals surface area contributed by atoms with Crippen LogP contribution < -0.4 is 24.6 Å². The van der Waals surface area contributed by atoms with Gasteiger partial charge in [0.05, 0.1) is 0 Å². The van der Waals surface area contributed by atoms with Crippen LogP contribution in [-0.2, 0) is 0 Å². The van der Waals surface area contributed by atoms with Gasteiger partial charge in [0.15, 0.2) is 0 Å². The van der Waals surface area contributed by atoms with Crippen LogP contribution in [0.3, 0.4) is 0 Å². The van der Waals surface area contributed by atoms with Crippen LogP contribution in [-0.4, -0.2) is 38.8 Å². The minimum atomic E-state index is -0.585. The Bertz CT molecular complexity index is 883. The molecule has 126 valence electrons. The first kappa shape index (κ1) is 17.0. The summed E-state index contributed by atoms with van der Waals surface area (Å²) >= 11 is -0.585. The van der Waals surface area contributed by atoms with E-state index in [4.69, 9.17) is 15.9 Å². The van der Waals surface area contributed by atoms with Crippen molar-refractivity contribution in [2.24, 2.45) is 5.73 Å². The van der Waals surface area contributed by atoms with Crippen LogP contribution in [0.15, 0.2) is 60.9 Å². The molecule has 0 aliphatic heterocycles. The van der Waals surface area contributed by atoms with E-state index in [9.17, 15) is 0 Å². The average Bonchev–Trinajstić information content (AvgIpc) is 2.63. The van der Waals surface area contributed by atoms with Crippen LogP contribution in [0.25, 0.3) is 11.3 Å². The zero-order valence-corrected chi connectivity index (χ0v) is 15.8. The molecule has 25 heavy (non-hydrogen) atoms. The van der Waals surface area contributed by atoms with E-state index in [2.05, 4.69) is 15.3 Å². The fourth-order valence-corrected chi connectivity index (χ4v) is 4.38. The Labute approximate surface area is 152 Å². The molecule has 0 amide bonds. The fourth-order valence-electron chi connectivity index (χ4n) is 2.37. The second-order valence-electron chi connectivity index (χ2n) is 5.23. The summed E-state index contributed by atoms with van der Waals surface area (Å²) in [6.07, 6.45) is 1.60. The third-order valence-corrected chi connectivity index (χ3v) is 5.90. The number of hydrogen-bond acceptors (Lipinski definition) is 4. The molecule has 0 bridgehead atoms. The van der Waals surface area contributed by atoms with Crippen molar-refractivity contribution < 1.29 is 4.74 Å². The molecule has 7 heteroatoms. The normalized spacial score (nSPS) is 10.8. The Kier molecular flexibility index (Phi) is 5.31. The number of methoxy groups -OCH3 is 1. The topological polar surface area (TPSA) is 96.9 Å². The molecule has 6 nitrogen and oxygen atoms in total. The van der Waals surface area contributed by atoms with E-state index in [0.29, 0.717) is 0 Å². The van der Waals surface area contributed by atoms with Gasteiger partial charge in [-0.05, 0) is 0 Å². The van der Waals surface area contributed by atoms with E-state index >= 15 is 0 Å². The first-order chi connectivity index (χ1) is 12.2. The number of benzene rings is 2. The molecule has 1 aromatic heterocycles. The molecule has 0 fully saturated rings. The molecule has 3 aromatic rings. The molecule has 0 saturated carbocycles. The number of aromatic nitrogens is 2. The Balaban J connectivity index is 1.81. The van der Waals surface area contributed by atoms with Crippen molar-refractivity contribution in [1.29, 1.82) is 5.41 Å². The van der Waals surface area contributed by atoms with Gasteiger partial charge in [-0.2, -0.15) is 0 Å². The number of para-hydroxylation sites is 1. The minimum absolute atomic E-state index is 0.0685. The molecule has 0 aliphatic carbocycles. The summed E-state index contributed by atoms with van der Waals surface area (Å²) < 4.78 is 7.70. The summed E-state index contributed by atoms with van der Waals surface area (Å²) in [7, 11) is 1.66. The van der Waals surface area contributed by atoms with Crippen molar-refractivity contribution in [1.82, 2.24) is 9.97 Å². The maximum atomic E-state index is 7.25. The molecule has 1 atom stereocenters. The van der Waals surface area contributed by atoms with Gasteiger partial charge in [0.1, 0.15) is 0 Å². The SMILES string of the molecule is COc1ccccc1-c1cc([AsH]c2ccc(NC(=N)N)cc2)ncn1. The summed E-state index contributed by atoms with van der Waals surface area (Å²) in [4.78, 5) is 8.81. The first-order valence-electron chi connectivity index (χ1n) is 7.59. The third kappa shape index (κ3) is 4.36. The molecule has 0 aliphatic rings. The quantitative estimate of drug-likeness (QED) is 0.338. The predicted octanol–water partition coefficient (Wildman–Crippen LogP) is 0.845. The Morgan fingerprint density at radius 2 is 1.88 bits per heavy atom. The number of ether oxygens (including phenoxy) is 1. The van der Waals surface area contributed by atoms with Crippen LogP contribution in [0.2, 0.25) is 0 Å². The fraction of sp³-hybridized carbons (Fsp3) is 0.0556. The Morgan fingerprint density at radius 3 is 2.60 bits per heavy atom. The van der Waals surface area contributed by atoms with E-state index in [1.165, 1.54) is 4.35 Å². The summed E-state index contributed by atoms with van der Waals surface area (Å²) in [5.74, 6) is 0.729. The summed E-state index contributed by atoms with van der Waals surface area (Å²) in [5.41, 5.74) is 7.96. The van der Waals surface area contributed by atoms with Crippen molar-refractivity contribution in [2.45, 2.75) is 0 Å². The van der Waals surface area contributed by atoms with Crippen LogP contribution >= 0.6 is 0 Å². The molecular formula is C18H18AsN5O. The number of nitrogens with two attached hydrogens (primary N) is 1. The summed E-state index contributed by atoms with van der Waals surface area (Å²) in [6.45, 7) is 0. The van der Waals surface area contributed by atoms with Crippen LogP contribution in [0.5, 0.6) is 5.75 Å². The average molecular weight is 395 g/mol. The van der Waals surface area contributed by atoms with Gasteiger partial charge in [-0.3, -0.25) is 0 Å². The molecular weight excluding hydrogens is 377 g/mol. The van der Waals surface area contributed by atoms with Gasteiger partial charge in [0.25, 0.3) is 0 Å². The number of anilines is 1. The first-order valence-corrected chi connectivity index (χ1v) is 9.69. The standard InChI is InChI=1S/C18H18AsN5O/c1-25-16-5-3-2-4-14(16)15-10-17(23-11-22-15)19-12-6-8-13(9-7-12)24-18(20)21/h2-11,19H,1H3,(H4,20,21,24).